The molecule has 1 aliphatic heterocycles. The van der Waals surface area contributed by atoms with Crippen molar-refractivity contribution in [3.05, 3.63) is 54.5 Å². The van der Waals surface area contributed by atoms with Crippen LogP contribution < -0.4 is 10.2 Å². The number of aliphatic imine (C=N–C) groups is 1. The Kier molecular flexibility index (Phi) is 5.96. The summed E-state index contributed by atoms with van der Waals surface area (Å²) in [6, 6.07) is 3.98. The summed E-state index contributed by atoms with van der Waals surface area (Å²) in [5.74, 6) is 2.48. The Labute approximate surface area is 181 Å². The Morgan fingerprint density at radius 1 is 1.23 bits per heavy atom. The van der Waals surface area contributed by atoms with Crippen molar-refractivity contribution >= 4 is 17.6 Å². The van der Waals surface area contributed by atoms with Crippen LogP contribution in [0.25, 0.3) is 5.82 Å². The summed E-state index contributed by atoms with van der Waals surface area (Å²) in [6.45, 7) is 6.74. The summed E-state index contributed by atoms with van der Waals surface area (Å²) in [6.07, 6.45) is 9.05. The molecule has 31 heavy (non-hydrogen) atoms. The molecule has 10 heteroatoms. The Morgan fingerprint density at radius 2 is 2.10 bits per heavy atom. The molecular weight excluding hydrogens is 394 g/mol. The highest BCUT2D eigenvalue weighted by atomic mass is 16.2. The molecule has 1 fully saturated rings. The fourth-order valence-corrected chi connectivity index (χ4v) is 3.54. The van der Waals surface area contributed by atoms with Crippen molar-refractivity contribution < 1.29 is 4.79 Å². The zero-order valence-corrected chi connectivity index (χ0v) is 18.1. The number of guanidine groups is 1. The number of aryl methyl sites for hydroxylation is 2. The number of imidazole rings is 1. The minimum Gasteiger partial charge on any atom is -0.356 e. The smallest absolute Gasteiger partial charge is 0.246 e. The maximum absolute atomic E-state index is 12.7. The summed E-state index contributed by atoms with van der Waals surface area (Å²) >= 11 is 0. The zero-order valence-electron chi connectivity index (χ0n) is 18.1. The lowest BCUT2D eigenvalue weighted by atomic mass is 10.2. The molecule has 0 aromatic carbocycles. The van der Waals surface area contributed by atoms with Gasteiger partial charge < -0.3 is 15.1 Å². The number of amides is 1. The molecule has 10 nitrogen and oxygen atoms in total. The van der Waals surface area contributed by atoms with Crippen molar-refractivity contribution in [3.63, 3.8) is 0 Å². The Bertz CT molecular complexity index is 1070. The first-order valence-electron chi connectivity index (χ1n) is 10.3. The van der Waals surface area contributed by atoms with E-state index in [9.17, 15) is 4.79 Å². The molecule has 0 atom stereocenters. The first-order chi connectivity index (χ1) is 15.0. The molecular formula is C21H27N9O. The van der Waals surface area contributed by atoms with Gasteiger partial charge in [0.2, 0.25) is 5.91 Å². The molecule has 0 bridgehead atoms. The maximum atomic E-state index is 12.7. The highest BCUT2D eigenvalue weighted by molar-refractivity contribution is 5.98. The van der Waals surface area contributed by atoms with Crippen molar-refractivity contribution in [1.29, 1.82) is 0 Å². The van der Waals surface area contributed by atoms with Gasteiger partial charge in [0, 0.05) is 51.5 Å². The van der Waals surface area contributed by atoms with Crippen LogP contribution in [0.3, 0.4) is 0 Å². The number of hydrogen-bond donors (Lipinski definition) is 1. The third-order valence-electron chi connectivity index (χ3n) is 5.15. The highest BCUT2D eigenvalue weighted by Gasteiger charge is 2.27. The van der Waals surface area contributed by atoms with Gasteiger partial charge in [-0.05, 0) is 25.5 Å². The van der Waals surface area contributed by atoms with E-state index in [1.165, 1.54) is 0 Å². The largest absolute Gasteiger partial charge is 0.356 e. The van der Waals surface area contributed by atoms with Gasteiger partial charge >= 0.3 is 0 Å². The van der Waals surface area contributed by atoms with Crippen LogP contribution in [-0.2, 0) is 18.4 Å². The van der Waals surface area contributed by atoms with Crippen molar-refractivity contribution in [3.8, 4) is 5.82 Å². The fraction of sp³-hybridized carbons (Fsp3) is 0.381. The third kappa shape index (κ3) is 4.57. The van der Waals surface area contributed by atoms with Gasteiger partial charge in [0.15, 0.2) is 5.96 Å². The van der Waals surface area contributed by atoms with Gasteiger partial charge in [-0.3, -0.25) is 14.0 Å². The number of carbonyl (C=O) groups excluding carboxylic acids is 1. The number of rotatable bonds is 5. The van der Waals surface area contributed by atoms with Crippen LogP contribution >= 0.6 is 0 Å². The second-order valence-corrected chi connectivity index (χ2v) is 7.38. The van der Waals surface area contributed by atoms with Gasteiger partial charge in [0.1, 0.15) is 18.2 Å². The molecule has 0 spiro atoms. The predicted molar refractivity (Wildman–Crippen MR) is 118 cm³/mol. The normalized spacial score (nSPS) is 14.9. The van der Waals surface area contributed by atoms with Crippen LogP contribution in [-0.4, -0.2) is 67.3 Å². The molecule has 0 radical (unpaired) electrons. The number of nitrogens with zero attached hydrogens (tertiary/aromatic N) is 8. The predicted octanol–water partition coefficient (Wildman–Crippen LogP) is 1.12. The molecule has 0 unspecified atom stereocenters. The second-order valence-electron chi connectivity index (χ2n) is 7.38. The summed E-state index contributed by atoms with van der Waals surface area (Å²) in [4.78, 5) is 30.0. The molecule has 1 saturated heterocycles. The van der Waals surface area contributed by atoms with Crippen LogP contribution in [0, 0.1) is 6.92 Å². The van der Waals surface area contributed by atoms with E-state index in [1.807, 2.05) is 61.1 Å². The van der Waals surface area contributed by atoms with E-state index < -0.39 is 0 Å². The lowest BCUT2D eigenvalue weighted by Crippen LogP contribution is -2.55. The number of anilines is 1. The van der Waals surface area contributed by atoms with Gasteiger partial charge in [-0.25, -0.2) is 15.0 Å². The molecule has 1 amide bonds. The fourth-order valence-electron chi connectivity index (χ4n) is 3.54. The van der Waals surface area contributed by atoms with Crippen molar-refractivity contribution in [1.82, 2.24) is 34.5 Å². The molecule has 4 heterocycles. The van der Waals surface area contributed by atoms with Gasteiger partial charge in [0.05, 0.1) is 18.4 Å². The highest BCUT2D eigenvalue weighted by Crippen LogP contribution is 2.16. The lowest BCUT2D eigenvalue weighted by molar-refractivity contribution is -0.120. The molecule has 162 valence electrons. The van der Waals surface area contributed by atoms with Gasteiger partial charge in [0.25, 0.3) is 0 Å². The Balaban J connectivity index is 1.43. The van der Waals surface area contributed by atoms with Gasteiger partial charge in [-0.2, -0.15) is 5.10 Å². The Hall–Kier alpha value is -3.69. The maximum Gasteiger partial charge on any atom is 0.246 e. The average molecular weight is 422 g/mol. The number of nitrogens with one attached hydrogen (secondary N) is 1. The molecule has 3 aromatic heterocycles. The van der Waals surface area contributed by atoms with Crippen molar-refractivity contribution in [2.24, 2.45) is 12.0 Å². The monoisotopic (exact) mass is 421 g/mol. The van der Waals surface area contributed by atoms with Crippen LogP contribution in [0.1, 0.15) is 18.3 Å². The summed E-state index contributed by atoms with van der Waals surface area (Å²) in [7, 11) is 1.85. The van der Waals surface area contributed by atoms with Crippen molar-refractivity contribution in [2.75, 3.05) is 31.1 Å². The van der Waals surface area contributed by atoms with E-state index in [1.54, 1.807) is 22.0 Å². The second kappa shape index (κ2) is 8.99. The first-order valence-corrected chi connectivity index (χ1v) is 10.3. The number of piperazine rings is 1. The SMILES string of the molecule is CCNC(=NCc1ccc(-n2ccnc2C)nc1)N1CCN(c2cnn(C)c2)C(=O)C1. The van der Waals surface area contributed by atoms with E-state index in [0.717, 1.165) is 35.4 Å². The number of pyridine rings is 1. The molecule has 3 aromatic rings. The first kappa shape index (κ1) is 20.6. The van der Waals surface area contributed by atoms with Crippen molar-refractivity contribution in [2.45, 2.75) is 20.4 Å². The zero-order chi connectivity index (χ0) is 21.8. The third-order valence-corrected chi connectivity index (χ3v) is 5.15. The van der Waals surface area contributed by atoms with E-state index in [-0.39, 0.29) is 12.5 Å². The van der Waals surface area contributed by atoms with E-state index in [2.05, 4.69) is 20.4 Å². The van der Waals surface area contributed by atoms with Crippen LogP contribution in [0.5, 0.6) is 0 Å². The Morgan fingerprint density at radius 3 is 2.71 bits per heavy atom. The minimum absolute atomic E-state index is 0.0339. The summed E-state index contributed by atoms with van der Waals surface area (Å²) in [5.41, 5.74) is 1.82. The quantitative estimate of drug-likeness (QED) is 0.490. The van der Waals surface area contributed by atoms with Gasteiger partial charge in [-0.1, -0.05) is 6.07 Å². The standard InChI is InChI=1S/C21H27N9O/c1-4-22-21(28-9-10-30(20(31)15-28)18-13-26-27(3)14-18)25-12-17-5-6-19(24-11-17)29-8-7-23-16(29)2/h5-8,11,13-14H,4,9-10,12,15H2,1-3H3,(H,22,25). The van der Waals surface area contributed by atoms with Crippen LogP contribution in [0.4, 0.5) is 5.69 Å². The molecule has 0 saturated carbocycles. The minimum atomic E-state index is 0.0339. The lowest BCUT2D eigenvalue weighted by Gasteiger charge is -2.35. The van der Waals surface area contributed by atoms with Crippen LogP contribution in [0.15, 0.2) is 48.1 Å². The summed E-state index contributed by atoms with van der Waals surface area (Å²) < 4.78 is 3.64. The van der Waals surface area contributed by atoms with E-state index in [4.69, 9.17) is 4.99 Å². The van der Waals surface area contributed by atoms with E-state index in [0.29, 0.717) is 19.6 Å². The van der Waals surface area contributed by atoms with E-state index >= 15 is 0 Å². The number of aromatic nitrogens is 5. The van der Waals surface area contributed by atoms with Crippen LogP contribution in [0.2, 0.25) is 0 Å². The molecule has 0 aliphatic carbocycles. The molecule has 1 N–H and O–H groups in total. The molecule has 1 aliphatic rings. The summed E-state index contributed by atoms with van der Waals surface area (Å²) in [5, 5.41) is 7.46. The van der Waals surface area contributed by atoms with Gasteiger partial charge in [-0.15, -0.1) is 0 Å². The topological polar surface area (TPSA) is 96.5 Å². The number of carbonyl (C=O) groups is 1. The molecule has 4 rings (SSSR count). The average Bonchev–Trinajstić information content (AvgIpc) is 3.39. The number of hydrogen-bond acceptors (Lipinski definition) is 5.